The van der Waals surface area contributed by atoms with E-state index in [2.05, 4.69) is 69.2 Å². The maximum Gasteiger partial charge on any atom is 0.134 e. The van der Waals surface area contributed by atoms with Gasteiger partial charge in [0.2, 0.25) is 0 Å². The van der Waals surface area contributed by atoms with Crippen LogP contribution < -0.4 is 10.2 Å². The normalized spacial score (nSPS) is 18.3. The maximum absolute atomic E-state index is 4.23. The van der Waals surface area contributed by atoms with E-state index < -0.39 is 0 Å². The van der Waals surface area contributed by atoms with E-state index in [1.807, 2.05) is 6.33 Å². The standard InChI is InChI=1S/C17H25N5/c1-14(2)22-13-19-20-17(22)8-10-18-15-9-11-21(12-15)16-6-4-3-5-7-16/h3-7,13-15,18H,8-12H2,1-2H3. The monoisotopic (exact) mass is 299 g/mol. The molecule has 2 aromatic rings. The van der Waals surface area contributed by atoms with Gasteiger partial charge in [-0.25, -0.2) is 0 Å². The van der Waals surface area contributed by atoms with E-state index in [9.17, 15) is 0 Å². The summed E-state index contributed by atoms with van der Waals surface area (Å²) in [6.45, 7) is 7.49. The van der Waals surface area contributed by atoms with Crippen LogP contribution >= 0.6 is 0 Å². The van der Waals surface area contributed by atoms with Gasteiger partial charge in [-0.2, -0.15) is 0 Å². The van der Waals surface area contributed by atoms with Gasteiger partial charge in [-0.3, -0.25) is 0 Å². The van der Waals surface area contributed by atoms with Crippen LogP contribution in [0, 0.1) is 0 Å². The summed E-state index contributed by atoms with van der Waals surface area (Å²) in [6, 6.07) is 11.6. The molecule has 5 nitrogen and oxygen atoms in total. The van der Waals surface area contributed by atoms with Crippen LogP contribution in [0.4, 0.5) is 5.69 Å². The SMILES string of the molecule is CC(C)n1cnnc1CCNC1CCN(c2ccccc2)C1. The molecule has 0 amide bonds. The third-order valence-electron chi connectivity index (χ3n) is 4.29. The fourth-order valence-electron chi connectivity index (χ4n) is 3.07. The molecule has 1 aromatic heterocycles. The Balaban J connectivity index is 1.46. The Hall–Kier alpha value is -1.88. The summed E-state index contributed by atoms with van der Waals surface area (Å²) in [5.74, 6) is 1.07. The van der Waals surface area contributed by atoms with E-state index in [4.69, 9.17) is 0 Å². The molecule has 1 N–H and O–H groups in total. The highest BCUT2D eigenvalue weighted by Gasteiger charge is 2.22. The molecule has 3 rings (SSSR count). The zero-order valence-electron chi connectivity index (χ0n) is 13.4. The molecule has 1 aromatic carbocycles. The van der Waals surface area contributed by atoms with Gasteiger partial charge >= 0.3 is 0 Å². The molecule has 0 spiro atoms. The molecule has 0 radical (unpaired) electrons. The third kappa shape index (κ3) is 3.47. The van der Waals surface area contributed by atoms with Gasteiger partial charge in [0.15, 0.2) is 0 Å². The maximum atomic E-state index is 4.23. The van der Waals surface area contributed by atoms with Crippen LogP contribution in [0.15, 0.2) is 36.7 Å². The Labute approximate surface area is 132 Å². The molecule has 0 bridgehead atoms. The van der Waals surface area contributed by atoms with Crippen molar-refractivity contribution in [3.63, 3.8) is 0 Å². The molecule has 5 heteroatoms. The summed E-state index contributed by atoms with van der Waals surface area (Å²) in [6.07, 6.45) is 3.96. The molecule has 1 saturated heterocycles. The predicted octanol–water partition coefficient (Wildman–Crippen LogP) is 2.27. The number of anilines is 1. The molecular formula is C17H25N5. The van der Waals surface area contributed by atoms with Gasteiger partial charge in [0.05, 0.1) is 0 Å². The minimum absolute atomic E-state index is 0.421. The van der Waals surface area contributed by atoms with E-state index in [0.29, 0.717) is 12.1 Å². The van der Waals surface area contributed by atoms with E-state index in [1.54, 1.807) is 0 Å². The zero-order chi connectivity index (χ0) is 15.4. The fourth-order valence-corrected chi connectivity index (χ4v) is 3.07. The lowest BCUT2D eigenvalue weighted by Crippen LogP contribution is -2.34. The summed E-state index contributed by atoms with van der Waals surface area (Å²) >= 11 is 0. The first-order valence-corrected chi connectivity index (χ1v) is 8.16. The Kier molecular flexibility index (Phi) is 4.73. The Morgan fingerprint density at radius 1 is 1.27 bits per heavy atom. The highest BCUT2D eigenvalue weighted by atomic mass is 15.3. The zero-order valence-corrected chi connectivity index (χ0v) is 13.4. The van der Waals surface area contributed by atoms with Gasteiger partial charge in [-0.15, -0.1) is 10.2 Å². The predicted molar refractivity (Wildman–Crippen MR) is 89.2 cm³/mol. The number of nitrogens with zero attached hydrogens (tertiary/aromatic N) is 4. The largest absolute Gasteiger partial charge is 0.370 e. The molecule has 2 heterocycles. The fraction of sp³-hybridized carbons (Fsp3) is 0.529. The molecule has 1 unspecified atom stereocenters. The average molecular weight is 299 g/mol. The van der Waals surface area contributed by atoms with Gasteiger partial charge in [-0.05, 0) is 32.4 Å². The van der Waals surface area contributed by atoms with Crippen molar-refractivity contribution in [1.82, 2.24) is 20.1 Å². The molecule has 1 aliphatic heterocycles. The first-order valence-electron chi connectivity index (χ1n) is 8.16. The highest BCUT2D eigenvalue weighted by molar-refractivity contribution is 5.47. The van der Waals surface area contributed by atoms with E-state index >= 15 is 0 Å². The van der Waals surface area contributed by atoms with Gasteiger partial charge < -0.3 is 14.8 Å². The van der Waals surface area contributed by atoms with Crippen molar-refractivity contribution in [3.8, 4) is 0 Å². The van der Waals surface area contributed by atoms with Crippen molar-refractivity contribution < 1.29 is 0 Å². The van der Waals surface area contributed by atoms with E-state index in [-0.39, 0.29) is 0 Å². The van der Waals surface area contributed by atoms with Crippen LogP contribution in [0.5, 0.6) is 0 Å². The lowest BCUT2D eigenvalue weighted by molar-refractivity contribution is 0.522. The third-order valence-corrected chi connectivity index (χ3v) is 4.29. The molecule has 118 valence electrons. The van der Waals surface area contributed by atoms with Crippen LogP contribution in [0.25, 0.3) is 0 Å². The average Bonchev–Trinajstić information content (AvgIpc) is 3.17. The Morgan fingerprint density at radius 2 is 2.09 bits per heavy atom. The summed E-state index contributed by atoms with van der Waals surface area (Å²) in [5.41, 5.74) is 1.33. The van der Waals surface area contributed by atoms with Crippen LogP contribution in [0.2, 0.25) is 0 Å². The molecule has 1 aliphatic rings. The Morgan fingerprint density at radius 3 is 2.86 bits per heavy atom. The summed E-state index contributed by atoms with van der Waals surface area (Å²) in [4.78, 5) is 2.45. The smallest absolute Gasteiger partial charge is 0.134 e. The lowest BCUT2D eigenvalue weighted by Gasteiger charge is -2.19. The van der Waals surface area contributed by atoms with Crippen LogP contribution in [-0.4, -0.2) is 40.4 Å². The number of para-hydroxylation sites is 1. The van der Waals surface area contributed by atoms with Crippen LogP contribution in [-0.2, 0) is 6.42 Å². The highest BCUT2D eigenvalue weighted by Crippen LogP contribution is 2.19. The summed E-state index contributed by atoms with van der Waals surface area (Å²) < 4.78 is 2.15. The number of nitrogens with one attached hydrogen (secondary N) is 1. The Bertz CT molecular complexity index is 578. The van der Waals surface area contributed by atoms with Crippen LogP contribution in [0.3, 0.4) is 0 Å². The van der Waals surface area contributed by atoms with Crippen molar-refractivity contribution in [1.29, 1.82) is 0 Å². The topological polar surface area (TPSA) is 46.0 Å². The second-order valence-corrected chi connectivity index (χ2v) is 6.22. The van der Waals surface area contributed by atoms with Crippen molar-refractivity contribution in [2.75, 3.05) is 24.5 Å². The molecule has 1 atom stereocenters. The molecule has 1 fully saturated rings. The summed E-state index contributed by atoms with van der Waals surface area (Å²) in [5, 5.41) is 11.9. The second kappa shape index (κ2) is 6.92. The van der Waals surface area contributed by atoms with Crippen LogP contribution in [0.1, 0.15) is 32.1 Å². The molecule has 22 heavy (non-hydrogen) atoms. The minimum Gasteiger partial charge on any atom is -0.370 e. The van der Waals surface area contributed by atoms with Crippen molar-refractivity contribution in [3.05, 3.63) is 42.5 Å². The van der Waals surface area contributed by atoms with Crippen molar-refractivity contribution in [2.45, 2.75) is 38.8 Å². The van der Waals surface area contributed by atoms with E-state index in [1.165, 1.54) is 12.1 Å². The minimum atomic E-state index is 0.421. The van der Waals surface area contributed by atoms with E-state index in [0.717, 1.165) is 31.9 Å². The molecule has 0 aliphatic carbocycles. The van der Waals surface area contributed by atoms with Gasteiger partial charge in [-0.1, -0.05) is 18.2 Å². The molecular weight excluding hydrogens is 274 g/mol. The number of benzene rings is 1. The van der Waals surface area contributed by atoms with Gasteiger partial charge in [0, 0.05) is 43.8 Å². The lowest BCUT2D eigenvalue weighted by atomic mass is 10.2. The van der Waals surface area contributed by atoms with Gasteiger partial charge in [0.25, 0.3) is 0 Å². The first-order chi connectivity index (χ1) is 10.7. The number of hydrogen-bond acceptors (Lipinski definition) is 4. The number of hydrogen-bond donors (Lipinski definition) is 1. The van der Waals surface area contributed by atoms with Gasteiger partial charge in [0.1, 0.15) is 12.2 Å². The summed E-state index contributed by atoms with van der Waals surface area (Å²) in [7, 11) is 0. The first kappa shape index (κ1) is 15.0. The van der Waals surface area contributed by atoms with Crippen molar-refractivity contribution >= 4 is 5.69 Å². The molecule has 0 saturated carbocycles. The number of aromatic nitrogens is 3. The van der Waals surface area contributed by atoms with Crippen molar-refractivity contribution in [2.24, 2.45) is 0 Å². The second-order valence-electron chi connectivity index (χ2n) is 6.22. The number of rotatable bonds is 6. The quantitative estimate of drug-likeness (QED) is 0.889.